The standard InChI is InChI=1S/C9H13F3N4S/c1-8(2)5-16(4-3-13-8)7-15-14-6(17-7)9(10,11)12/h13H,3-5H2,1-2H3. The first-order valence-corrected chi connectivity index (χ1v) is 6.00. The van der Waals surface area contributed by atoms with Crippen LogP contribution < -0.4 is 10.2 Å². The van der Waals surface area contributed by atoms with Gasteiger partial charge in [-0.15, -0.1) is 10.2 Å². The first-order chi connectivity index (χ1) is 7.78. The maximum absolute atomic E-state index is 12.4. The Labute approximate surface area is 101 Å². The summed E-state index contributed by atoms with van der Waals surface area (Å²) in [6, 6.07) is 0. The van der Waals surface area contributed by atoms with E-state index in [-0.39, 0.29) is 5.54 Å². The third-order valence-corrected chi connectivity index (χ3v) is 3.53. The van der Waals surface area contributed by atoms with E-state index >= 15 is 0 Å². The van der Waals surface area contributed by atoms with Crippen molar-refractivity contribution in [2.45, 2.75) is 25.6 Å². The van der Waals surface area contributed by atoms with Gasteiger partial charge in [0.1, 0.15) is 0 Å². The molecule has 1 aromatic heterocycles. The molecule has 1 saturated heterocycles. The van der Waals surface area contributed by atoms with Gasteiger partial charge in [-0.1, -0.05) is 11.3 Å². The molecule has 1 aliphatic heterocycles. The highest BCUT2D eigenvalue weighted by Gasteiger charge is 2.37. The number of rotatable bonds is 1. The van der Waals surface area contributed by atoms with E-state index in [9.17, 15) is 13.2 Å². The summed E-state index contributed by atoms with van der Waals surface area (Å²) in [4.78, 5) is 1.84. The molecular weight excluding hydrogens is 253 g/mol. The van der Waals surface area contributed by atoms with Crippen molar-refractivity contribution in [3.8, 4) is 0 Å². The second kappa shape index (κ2) is 4.09. The van der Waals surface area contributed by atoms with Gasteiger partial charge in [0.15, 0.2) is 0 Å². The summed E-state index contributed by atoms with van der Waals surface area (Å²) in [7, 11) is 0. The summed E-state index contributed by atoms with van der Waals surface area (Å²) in [5.41, 5.74) is -0.123. The van der Waals surface area contributed by atoms with E-state index in [1.54, 1.807) is 0 Å². The van der Waals surface area contributed by atoms with E-state index in [1.807, 2.05) is 18.7 Å². The van der Waals surface area contributed by atoms with Crippen molar-refractivity contribution in [1.82, 2.24) is 15.5 Å². The van der Waals surface area contributed by atoms with Crippen LogP contribution in [-0.4, -0.2) is 35.4 Å². The van der Waals surface area contributed by atoms with E-state index < -0.39 is 11.2 Å². The second-order valence-electron chi connectivity index (χ2n) is 4.62. The van der Waals surface area contributed by atoms with Gasteiger partial charge in [-0.25, -0.2) is 0 Å². The Kier molecular flexibility index (Phi) is 3.03. The van der Waals surface area contributed by atoms with Crippen molar-refractivity contribution >= 4 is 16.5 Å². The molecular formula is C9H13F3N4S. The number of piperazine rings is 1. The molecule has 0 aromatic carbocycles. The predicted molar refractivity (Wildman–Crippen MR) is 59.2 cm³/mol. The highest BCUT2D eigenvalue weighted by Crippen LogP contribution is 2.34. The average molecular weight is 266 g/mol. The van der Waals surface area contributed by atoms with Gasteiger partial charge < -0.3 is 10.2 Å². The zero-order valence-electron chi connectivity index (χ0n) is 9.51. The Morgan fingerprint density at radius 2 is 2.06 bits per heavy atom. The largest absolute Gasteiger partial charge is 0.445 e. The minimum absolute atomic E-state index is 0.123. The summed E-state index contributed by atoms with van der Waals surface area (Å²) < 4.78 is 37.2. The maximum atomic E-state index is 12.4. The Morgan fingerprint density at radius 1 is 1.35 bits per heavy atom. The number of alkyl halides is 3. The molecule has 0 atom stereocenters. The van der Waals surface area contributed by atoms with E-state index in [1.165, 1.54) is 0 Å². The zero-order valence-corrected chi connectivity index (χ0v) is 10.3. The maximum Gasteiger partial charge on any atom is 0.445 e. The van der Waals surface area contributed by atoms with Gasteiger partial charge in [-0.05, 0) is 13.8 Å². The molecule has 1 N–H and O–H groups in total. The number of nitrogens with zero attached hydrogens (tertiary/aromatic N) is 3. The molecule has 1 aliphatic rings. The number of hydrogen-bond acceptors (Lipinski definition) is 5. The normalized spacial score (nSPS) is 20.6. The smallest absolute Gasteiger partial charge is 0.344 e. The fourth-order valence-electron chi connectivity index (χ4n) is 1.76. The summed E-state index contributed by atoms with van der Waals surface area (Å²) in [5, 5.41) is 9.55. The Morgan fingerprint density at radius 3 is 2.59 bits per heavy atom. The van der Waals surface area contributed by atoms with Crippen molar-refractivity contribution in [1.29, 1.82) is 0 Å². The molecule has 0 bridgehead atoms. The quantitative estimate of drug-likeness (QED) is 0.840. The number of hydrogen-bond donors (Lipinski definition) is 1. The van der Waals surface area contributed by atoms with Crippen LogP contribution in [0, 0.1) is 0 Å². The summed E-state index contributed by atoms with van der Waals surface area (Å²) >= 11 is 0.598. The van der Waals surface area contributed by atoms with Crippen LogP contribution in [-0.2, 0) is 6.18 Å². The fourth-order valence-corrected chi connectivity index (χ4v) is 2.50. The molecule has 0 amide bonds. The Balaban J connectivity index is 2.15. The number of anilines is 1. The lowest BCUT2D eigenvalue weighted by molar-refractivity contribution is -0.138. The van der Waals surface area contributed by atoms with Gasteiger partial charge in [-0.2, -0.15) is 13.2 Å². The minimum atomic E-state index is -4.40. The van der Waals surface area contributed by atoms with Crippen molar-refractivity contribution in [3.63, 3.8) is 0 Å². The molecule has 2 rings (SSSR count). The second-order valence-corrected chi connectivity index (χ2v) is 5.58. The molecule has 4 nitrogen and oxygen atoms in total. The first-order valence-electron chi connectivity index (χ1n) is 5.19. The number of nitrogens with one attached hydrogen (secondary N) is 1. The van der Waals surface area contributed by atoms with Crippen molar-refractivity contribution < 1.29 is 13.2 Å². The van der Waals surface area contributed by atoms with Gasteiger partial charge in [0.25, 0.3) is 0 Å². The van der Waals surface area contributed by atoms with Crippen LogP contribution in [0.2, 0.25) is 0 Å². The van der Waals surface area contributed by atoms with E-state index in [4.69, 9.17) is 0 Å². The van der Waals surface area contributed by atoms with Crippen LogP contribution in [0.3, 0.4) is 0 Å². The van der Waals surface area contributed by atoms with Crippen LogP contribution in [0.15, 0.2) is 0 Å². The van der Waals surface area contributed by atoms with Gasteiger partial charge in [0, 0.05) is 25.2 Å². The molecule has 1 aromatic rings. The molecule has 2 heterocycles. The van der Waals surface area contributed by atoms with Gasteiger partial charge in [-0.3, -0.25) is 0 Å². The number of aromatic nitrogens is 2. The lowest BCUT2D eigenvalue weighted by Crippen LogP contribution is -2.57. The SMILES string of the molecule is CC1(C)CN(c2nnc(C(F)(F)F)s2)CCN1. The van der Waals surface area contributed by atoms with Crippen LogP contribution in [0.25, 0.3) is 0 Å². The highest BCUT2D eigenvalue weighted by atomic mass is 32.1. The molecule has 1 fully saturated rings. The molecule has 96 valence electrons. The summed E-state index contributed by atoms with van der Waals surface area (Å²) in [5.74, 6) is 0. The highest BCUT2D eigenvalue weighted by molar-refractivity contribution is 7.15. The van der Waals surface area contributed by atoms with E-state index in [2.05, 4.69) is 15.5 Å². The van der Waals surface area contributed by atoms with Crippen molar-refractivity contribution in [3.05, 3.63) is 5.01 Å². The molecule has 0 unspecified atom stereocenters. The third-order valence-electron chi connectivity index (χ3n) is 2.50. The molecule has 0 radical (unpaired) electrons. The average Bonchev–Trinajstić information content (AvgIpc) is 2.63. The van der Waals surface area contributed by atoms with Crippen LogP contribution in [0.5, 0.6) is 0 Å². The Bertz CT molecular complexity index is 401. The molecule has 0 spiro atoms. The topological polar surface area (TPSA) is 41.1 Å². The molecule has 8 heteroatoms. The monoisotopic (exact) mass is 266 g/mol. The van der Waals surface area contributed by atoms with E-state index in [0.717, 1.165) is 6.54 Å². The van der Waals surface area contributed by atoms with Crippen LogP contribution in [0.4, 0.5) is 18.3 Å². The lowest BCUT2D eigenvalue weighted by atomic mass is 10.0. The minimum Gasteiger partial charge on any atom is -0.344 e. The third kappa shape index (κ3) is 2.86. The van der Waals surface area contributed by atoms with Crippen molar-refractivity contribution in [2.24, 2.45) is 0 Å². The fraction of sp³-hybridized carbons (Fsp3) is 0.778. The van der Waals surface area contributed by atoms with Crippen LogP contribution in [0.1, 0.15) is 18.9 Å². The predicted octanol–water partition coefficient (Wildman–Crippen LogP) is 1.75. The zero-order chi connectivity index (χ0) is 12.7. The number of halogens is 3. The van der Waals surface area contributed by atoms with Gasteiger partial charge in [0.05, 0.1) is 0 Å². The molecule has 0 saturated carbocycles. The van der Waals surface area contributed by atoms with E-state index in [0.29, 0.717) is 29.6 Å². The van der Waals surface area contributed by atoms with Crippen molar-refractivity contribution in [2.75, 3.05) is 24.5 Å². The molecule has 0 aliphatic carbocycles. The first kappa shape index (κ1) is 12.6. The lowest BCUT2D eigenvalue weighted by Gasteiger charge is -2.38. The van der Waals surface area contributed by atoms with Crippen LogP contribution >= 0.6 is 11.3 Å². The van der Waals surface area contributed by atoms with Gasteiger partial charge >= 0.3 is 6.18 Å². The molecule has 17 heavy (non-hydrogen) atoms. The Hall–Kier alpha value is -0.890. The summed E-state index contributed by atoms with van der Waals surface area (Å²) in [6.45, 7) is 6.01. The van der Waals surface area contributed by atoms with Gasteiger partial charge in [0.2, 0.25) is 10.1 Å². The summed E-state index contributed by atoms with van der Waals surface area (Å²) in [6.07, 6.45) is -4.40.